The summed E-state index contributed by atoms with van der Waals surface area (Å²) in [5, 5.41) is 7.40. The summed E-state index contributed by atoms with van der Waals surface area (Å²) in [6.07, 6.45) is 9.85. The highest BCUT2D eigenvalue weighted by molar-refractivity contribution is 5.99. The average Bonchev–Trinajstić information content (AvgIpc) is 3.35. The first kappa shape index (κ1) is 27.3. The van der Waals surface area contributed by atoms with Crippen molar-refractivity contribution in [3.05, 3.63) is 77.3 Å². The number of aromatic nitrogens is 3. The Hall–Kier alpha value is -3.71. The molecule has 1 aliphatic heterocycles. The maximum absolute atomic E-state index is 12.8. The molecule has 38 heavy (non-hydrogen) atoms. The van der Waals surface area contributed by atoms with Crippen molar-refractivity contribution in [1.82, 2.24) is 20.3 Å². The van der Waals surface area contributed by atoms with E-state index in [0.29, 0.717) is 24.1 Å². The Morgan fingerprint density at radius 1 is 1.21 bits per heavy atom. The summed E-state index contributed by atoms with van der Waals surface area (Å²) >= 11 is 0. The predicted molar refractivity (Wildman–Crippen MR) is 156 cm³/mol. The minimum Gasteiger partial charge on any atom is -0.381 e. The number of hydrogen-bond donors (Lipinski definition) is 3. The molecule has 3 aromatic rings. The molecule has 3 N–H and O–H groups in total. The van der Waals surface area contributed by atoms with Gasteiger partial charge in [-0.3, -0.25) is 4.79 Å². The second kappa shape index (κ2) is 12.7. The van der Waals surface area contributed by atoms with Crippen LogP contribution in [-0.2, 0) is 4.74 Å². The van der Waals surface area contributed by atoms with Crippen molar-refractivity contribution in [1.29, 1.82) is 0 Å². The summed E-state index contributed by atoms with van der Waals surface area (Å²) in [6, 6.07) is 7.90. The van der Waals surface area contributed by atoms with Gasteiger partial charge in [0.05, 0.1) is 5.69 Å². The first-order valence-corrected chi connectivity index (χ1v) is 13.4. The van der Waals surface area contributed by atoms with E-state index in [2.05, 4.69) is 53.2 Å². The van der Waals surface area contributed by atoms with Gasteiger partial charge in [0.1, 0.15) is 5.69 Å². The molecule has 1 amide bonds. The van der Waals surface area contributed by atoms with Crippen molar-refractivity contribution in [2.75, 3.05) is 25.1 Å². The molecule has 2 aromatic heterocycles. The van der Waals surface area contributed by atoms with Crippen molar-refractivity contribution in [2.45, 2.75) is 53.4 Å². The number of aryl methyl sites for hydroxylation is 1. The lowest BCUT2D eigenvalue weighted by molar-refractivity contribution is 0.0642. The number of benzene rings is 1. The number of hydrogen-bond acceptors (Lipinski definition) is 5. The van der Waals surface area contributed by atoms with E-state index in [-0.39, 0.29) is 5.91 Å². The van der Waals surface area contributed by atoms with Crippen molar-refractivity contribution < 1.29 is 9.53 Å². The van der Waals surface area contributed by atoms with Crippen LogP contribution in [0.5, 0.6) is 0 Å². The van der Waals surface area contributed by atoms with Crippen molar-refractivity contribution in [3.63, 3.8) is 0 Å². The van der Waals surface area contributed by atoms with Crippen molar-refractivity contribution >= 4 is 34.0 Å². The monoisotopic (exact) mass is 513 g/mol. The zero-order valence-electron chi connectivity index (χ0n) is 23.0. The quantitative estimate of drug-likeness (QED) is 0.203. The Morgan fingerprint density at radius 3 is 2.74 bits per heavy atom. The van der Waals surface area contributed by atoms with Gasteiger partial charge in [-0.25, -0.2) is 9.97 Å². The van der Waals surface area contributed by atoms with Gasteiger partial charge < -0.3 is 20.4 Å². The van der Waals surface area contributed by atoms with E-state index in [1.165, 1.54) is 5.57 Å². The van der Waals surface area contributed by atoms with Crippen molar-refractivity contribution in [3.8, 4) is 0 Å². The van der Waals surface area contributed by atoms with Crippen LogP contribution in [0.15, 0.2) is 60.3 Å². The largest absolute Gasteiger partial charge is 0.381 e. The van der Waals surface area contributed by atoms with Gasteiger partial charge in [-0.2, -0.15) is 0 Å². The van der Waals surface area contributed by atoms with E-state index >= 15 is 0 Å². The predicted octanol–water partition coefficient (Wildman–Crippen LogP) is 6.87. The number of allylic oxidation sites excluding steroid dienone is 5. The molecule has 0 saturated carbocycles. The number of ether oxygens (including phenoxy) is 1. The third-order valence-electron chi connectivity index (χ3n) is 7.01. The fourth-order valence-corrected chi connectivity index (χ4v) is 4.68. The number of nitrogens with zero attached hydrogens (tertiary/aromatic N) is 2. The lowest BCUT2D eigenvalue weighted by Crippen LogP contribution is -2.32. The second-order valence-electron chi connectivity index (χ2n) is 10.2. The molecule has 1 saturated heterocycles. The van der Waals surface area contributed by atoms with E-state index < -0.39 is 0 Å². The van der Waals surface area contributed by atoms with Crippen LogP contribution in [0.3, 0.4) is 0 Å². The number of nitrogens with one attached hydrogen (secondary N) is 3. The zero-order valence-corrected chi connectivity index (χ0v) is 23.0. The van der Waals surface area contributed by atoms with E-state index in [9.17, 15) is 4.79 Å². The number of rotatable bonds is 10. The maximum Gasteiger partial charge on any atom is 0.267 e. The maximum atomic E-state index is 12.8. The minimum absolute atomic E-state index is 0.0809. The van der Waals surface area contributed by atoms with Crippen LogP contribution < -0.4 is 10.6 Å². The van der Waals surface area contributed by atoms with E-state index in [4.69, 9.17) is 9.72 Å². The van der Waals surface area contributed by atoms with Gasteiger partial charge >= 0.3 is 0 Å². The van der Waals surface area contributed by atoms with Crippen LogP contribution in [0, 0.1) is 12.8 Å². The molecule has 0 bridgehead atoms. The molecule has 3 heterocycles. The van der Waals surface area contributed by atoms with Crippen LogP contribution in [0.1, 0.15) is 68.2 Å². The lowest BCUT2D eigenvalue weighted by Gasteiger charge is -2.21. The molecule has 0 unspecified atom stereocenters. The van der Waals surface area contributed by atoms with Crippen LogP contribution in [-0.4, -0.2) is 40.6 Å². The van der Waals surface area contributed by atoms with Gasteiger partial charge in [0.2, 0.25) is 5.95 Å². The Balaban J connectivity index is 1.50. The van der Waals surface area contributed by atoms with Gasteiger partial charge in [-0.1, -0.05) is 29.9 Å². The summed E-state index contributed by atoms with van der Waals surface area (Å²) in [5.41, 5.74) is 7.79. The molecule has 7 heteroatoms. The van der Waals surface area contributed by atoms with E-state index in [0.717, 1.165) is 77.9 Å². The van der Waals surface area contributed by atoms with Gasteiger partial charge in [-0.15, -0.1) is 0 Å². The SMILES string of the molecule is C=C(C)C=C(CCC(C)=CC)c1ccnc(Nc2cc(C)c3[nH]c(C(=O)NCC4CCOCC4)cc3c2)n1. The first-order valence-electron chi connectivity index (χ1n) is 13.4. The third-order valence-corrected chi connectivity index (χ3v) is 7.01. The fraction of sp³-hybridized carbons (Fsp3) is 0.387. The lowest BCUT2D eigenvalue weighted by atomic mass is 10.0. The molecule has 1 fully saturated rings. The number of anilines is 2. The molecule has 0 radical (unpaired) electrons. The number of aromatic amines is 1. The Kier molecular flexibility index (Phi) is 9.13. The highest BCUT2D eigenvalue weighted by Crippen LogP contribution is 2.27. The van der Waals surface area contributed by atoms with Crippen LogP contribution in [0.25, 0.3) is 16.5 Å². The number of H-pyrrole nitrogens is 1. The highest BCUT2D eigenvalue weighted by Gasteiger charge is 2.17. The number of amides is 1. The number of carbonyl (C=O) groups is 1. The van der Waals surface area contributed by atoms with Crippen molar-refractivity contribution in [2.24, 2.45) is 5.92 Å². The standard InChI is InChI=1S/C31H39N5O2/c1-6-21(4)7-8-24(15-20(2)3)27-9-12-32-31(36-27)34-26-16-22(5)29-25(17-26)18-28(35-29)30(37)33-19-23-10-13-38-14-11-23/h6,9,12,15-18,23,35H,2,7-8,10-11,13-14,19H2,1,3-5H3,(H,33,37)(H,32,34,36). The summed E-state index contributed by atoms with van der Waals surface area (Å²) in [5.74, 6) is 0.924. The molecule has 1 aliphatic rings. The molecular formula is C31H39N5O2. The zero-order chi connectivity index (χ0) is 27.1. The van der Waals surface area contributed by atoms with Crippen LogP contribution in [0.4, 0.5) is 11.6 Å². The molecule has 200 valence electrons. The fourth-order valence-electron chi connectivity index (χ4n) is 4.68. The number of carbonyl (C=O) groups excluding carboxylic acids is 1. The minimum atomic E-state index is -0.0809. The molecule has 1 aromatic carbocycles. The van der Waals surface area contributed by atoms with Crippen LogP contribution >= 0.6 is 0 Å². The first-order chi connectivity index (χ1) is 18.3. The molecule has 0 spiro atoms. The van der Waals surface area contributed by atoms with Gasteiger partial charge in [0.25, 0.3) is 5.91 Å². The Morgan fingerprint density at radius 2 is 2.00 bits per heavy atom. The molecule has 4 rings (SSSR count). The molecular weight excluding hydrogens is 474 g/mol. The summed E-state index contributed by atoms with van der Waals surface area (Å²) in [4.78, 5) is 25.4. The topological polar surface area (TPSA) is 91.9 Å². The summed E-state index contributed by atoms with van der Waals surface area (Å²) in [6.45, 7) is 14.5. The smallest absolute Gasteiger partial charge is 0.267 e. The van der Waals surface area contributed by atoms with E-state index in [1.807, 2.05) is 38.1 Å². The van der Waals surface area contributed by atoms with Crippen LogP contribution in [0.2, 0.25) is 0 Å². The van der Waals surface area contributed by atoms with E-state index in [1.54, 1.807) is 6.20 Å². The second-order valence-corrected chi connectivity index (χ2v) is 10.2. The third kappa shape index (κ3) is 7.19. The Bertz CT molecular complexity index is 1360. The highest BCUT2D eigenvalue weighted by atomic mass is 16.5. The number of fused-ring (bicyclic) bond motifs is 1. The van der Waals surface area contributed by atoms with Gasteiger partial charge in [0, 0.05) is 42.5 Å². The molecule has 7 nitrogen and oxygen atoms in total. The van der Waals surface area contributed by atoms with Gasteiger partial charge in [-0.05, 0) is 94.7 Å². The average molecular weight is 514 g/mol. The summed E-state index contributed by atoms with van der Waals surface area (Å²) < 4.78 is 5.41. The molecule has 0 atom stereocenters. The summed E-state index contributed by atoms with van der Waals surface area (Å²) in [7, 11) is 0. The normalized spacial score (nSPS) is 15.1. The Labute approximate surface area is 225 Å². The molecule has 0 aliphatic carbocycles. The van der Waals surface area contributed by atoms with Gasteiger partial charge in [0.15, 0.2) is 0 Å².